The SMILES string of the molecule is CCN(CCCN=C(N)N)c1ccccc1. The van der Waals surface area contributed by atoms with Crippen molar-refractivity contribution in [1.82, 2.24) is 0 Å². The lowest BCUT2D eigenvalue weighted by atomic mass is 10.2. The molecule has 0 aliphatic heterocycles. The Balaban J connectivity index is 2.41. The molecule has 0 heterocycles. The van der Waals surface area contributed by atoms with Crippen LogP contribution in [-0.4, -0.2) is 25.6 Å². The fourth-order valence-electron chi connectivity index (χ4n) is 1.58. The standard InChI is InChI=1S/C12H20N4/c1-2-16(10-6-9-15-12(13)14)11-7-4-3-5-8-11/h3-5,7-8H,2,6,9-10H2,1H3,(H4,13,14,15). The largest absolute Gasteiger partial charge is 0.372 e. The number of hydrogen-bond donors (Lipinski definition) is 2. The third kappa shape index (κ3) is 4.21. The van der Waals surface area contributed by atoms with E-state index in [2.05, 4.69) is 28.9 Å². The van der Waals surface area contributed by atoms with Gasteiger partial charge in [-0.25, -0.2) is 0 Å². The average Bonchev–Trinajstić information content (AvgIpc) is 2.30. The van der Waals surface area contributed by atoms with E-state index < -0.39 is 0 Å². The number of nitrogens with zero attached hydrogens (tertiary/aromatic N) is 2. The molecule has 0 amide bonds. The fraction of sp³-hybridized carbons (Fsp3) is 0.417. The van der Waals surface area contributed by atoms with E-state index in [4.69, 9.17) is 11.5 Å². The molecule has 1 rings (SSSR count). The van der Waals surface area contributed by atoms with Crippen LogP contribution in [0.15, 0.2) is 35.3 Å². The van der Waals surface area contributed by atoms with Crippen LogP contribution in [0.5, 0.6) is 0 Å². The summed E-state index contributed by atoms with van der Waals surface area (Å²) in [5.41, 5.74) is 11.8. The lowest BCUT2D eigenvalue weighted by Crippen LogP contribution is -2.26. The molecule has 88 valence electrons. The summed E-state index contributed by atoms with van der Waals surface area (Å²) in [7, 11) is 0. The van der Waals surface area contributed by atoms with E-state index in [1.165, 1.54) is 5.69 Å². The van der Waals surface area contributed by atoms with Crippen molar-refractivity contribution < 1.29 is 0 Å². The normalized spacial score (nSPS) is 9.81. The third-order valence-electron chi connectivity index (χ3n) is 2.38. The number of anilines is 1. The first kappa shape index (κ1) is 12.4. The number of aliphatic imine (C=N–C) groups is 1. The maximum atomic E-state index is 5.27. The molecule has 0 saturated carbocycles. The minimum absolute atomic E-state index is 0.169. The Morgan fingerprint density at radius 2 is 1.94 bits per heavy atom. The quantitative estimate of drug-likeness (QED) is 0.430. The van der Waals surface area contributed by atoms with Gasteiger partial charge < -0.3 is 16.4 Å². The first-order valence-corrected chi connectivity index (χ1v) is 5.59. The molecule has 0 aromatic heterocycles. The second-order valence-corrected chi connectivity index (χ2v) is 3.58. The van der Waals surface area contributed by atoms with E-state index in [1.54, 1.807) is 0 Å². The Hall–Kier alpha value is -1.71. The van der Waals surface area contributed by atoms with Crippen LogP contribution >= 0.6 is 0 Å². The van der Waals surface area contributed by atoms with Crippen LogP contribution in [0.25, 0.3) is 0 Å². The van der Waals surface area contributed by atoms with Crippen molar-refractivity contribution >= 4 is 11.6 Å². The van der Waals surface area contributed by atoms with Crippen molar-refractivity contribution in [3.63, 3.8) is 0 Å². The molecule has 0 aliphatic carbocycles. The second-order valence-electron chi connectivity index (χ2n) is 3.58. The second kappa shape index (κ2) is 6.71. The molecule has 4 heteroatoms. The van der Waals surface area contributed by atoms with Crippen LogP contribution in [0.4, 0.5) is 5.69 Å². The molecule has 1 aromatic rings. The number of rotatable bonds is 6. The first-order valence-electron chi connectivity index (χ1n) is 5.59. The van der Waals surface area contributed by atoms with Gasteiger partial charge in [0.2, 0.25) is 0 Å². The maximum Gasteiger partial charge on any atom is 0.185 e. The topological polar surface area (TPSA) is 67.6 Å². The summed E-state index contributed by atoms with van der Waals surface area (Å²) in [6.07, 6.45) is 0.959. The summed E-state index contributed by atoms with van der Waals surface area (Å²) in [5, 5.41) is 0. The Labute approximate surface area is 97.0 Å². The van der Waals surface area contributed by atoms with Gasteiger partial charge in [0.25, 0.3) is 0 Å². The zero-order valence-electron chi connectivity index (χ0n) is 9.76. The number of para-hydroxylation sites is 1. The van der Waals surface area contributed by atoms with E-state index >= 15 is 0 Å². The van der Waals surface area contributed by atoms with Crippen molar-refractivity contribution in [2.45, 2.75) is 13.3 Å². The van der Waals surface area contributed by atoms with E-state index in [0.717, 1.165) is 19.5 Å². The van der Waals surface area contributed by atoms with Crippen LogP contribution in [0, 0.1) is 0 Å². The number of nitrogens with two attached hydrogens (primary N) is 2. The van der Waals surface area contributed by atoms with Crippen molar-refractivity contribution in [3.05, 3.63) is 30.3 Å². The Morgan fingerprint density at radius 3 is 2.50 bits per heavy atom. The predicted octanol–water partition coefficient (Wildman–Crippen LogP) is 1.18. The fourth-order valence-corrected chi connectivity index (χ4v) is 1.58. The molecule has 0 bridgehead atoms. The zero-order valence-corrected chi connectivity index (χ0v) is 9.76. The molecule has 0 atom stereocenters. The first-order chi connectivity index (χ1) is 7.74. The highest BCUT2D eigenvalue weighted by Gasteiger charge is 2.01. The zero-order chi connectivity index (χ0) is 11.8. The number of guanidine groups is 1. The van der Waals surface area contributed by atoms with Crippen LogP contribution in [0.1, 0.15) is 13.3 Å². The molecule has 0 spiro atoms. The Kier molecular flexibility index (Phi) is 5.19. The highest BCUT2D eigenvalue weighted by Crippen LogP contribution is 2.12. The summed E-state index contributed by atoms with van der Waals surface area (Å²) in [5.74, 6) is 0.169. The van der Waals surface area contributed by atoms with Crippen molar-refractivity contribution in [3.8, 4) is 0 Å². The Morgan fingerprint density at radius 1 is 1.25 bits per heavy atom. The summed E-state index contributed by atoms with van der Waals surface area (Å²) in [6, 6.07) is 10.4. The van der Waals surface area contributed by atoms with Gasteiger partial charge in [-0.05, 0) is 25.5 Å². The van der Waals surface area contributed by atoms with Crippen LogP contribution in [0.2, 0.25) is 0 Å². The maximum absolute atomic E-state index is 5.27. The minimum atomic E-state index is 0.169. The molecule has 0 saturated heterocycles. The number of hydrogen-bond acceptors (Lipinski definition) is 2. The van der Waals surface area contributed by atoms with E-state index in [1.807, 2.05) is 18.2 Å². The Bertz CT molecular complexity index is 317. The summed E-state index contributed by atoms with van der Waals surface area (Å²) >= 11 is 0. The summed E-state index contributed by atoms with van der Waals surface area (Å²) in [6.45, 7) is 4.79. The molecule has 0 fully saturated rings. The van der Waals surface area contributed by atoms with Gasteiger partial charge in [0.15, 0.2) is 5.96 Å². The lowest BCUT2D eigenvalue weighted by molar-refractivity contribution is 0.754. The molecule has 4 nitrogen and oxygen atoms in total. The molecular formula is C12H20N4. The van der Waals surface area contributed by atoms with E-state index in [9.17, 15) is 0 Å². The molecule has 4 N–H and O–H groups in total. The summed E-state index contributed by atoms with van der Waals surface area (Å²) in [4.78, 5) is 6.28. The van der Waals surface area contributed by atoms with Gasteiger partial charge in [-0.3, -0.25) is 4.99 Å². The smallest absolute Gasteiger partial charge is 0.185 e. The molecule has 1 aromatic carbocycles. The molecule has 0 unspecified atom stereocenters. The van der Waals surface area contributed by atoms with Crippen LogP contribution in [0.3, 0.4) is 0 Å². The predicted molar refractivity (Wildman–Crippen MR) is 69.6 cm³/mol. The van der Waals surface area contributed by atoms with Gasteiger partial charge in [0.1, 0.15) is 0 Å². The van der Waals surface area contributed by atoms with Gasteiger partial charge in [-0.15, -0.1) is 0 Å². The monoisotopic (exact) mass is 220 g/mol. The highest BCUT2D eigenvalue weighted by atomic mass is 15.1. The summed E-state index contributed by atoms with van der Waals surface area (Å²) < 4.78 is 0. The highest BCUT2D eigenvalue weighted by molar-refractivity contribution is 5.75. The van der Waals surface area contributed by atoms with E-state index in [-0.39, 0.29) is 5.96 Å². The van der Waals surface area contributed by atoms with Gasteiger partial charge in [-0.2, -0.15) is 0 Å². The van der Waals surface area contributed by atoms with Gasteiger partial charge >= 0.3 is 0 Å². The minimum Gasteiger partial charge on any atom is -0.372 e. The van der Waals surface area contributed by atoms with Gasteiger partial charge in [0.05, 0.1) is 0 Å². The molecule has 0 radical (unpaired) electrons. The van der Waals surface area contributed by atoms with Crippen LogP contribution in [-0.2, 0) is 0 Å². The third-order valence-corrected chi connectivity index (χ3v) is 2.38. The van der Waals surface area contributed by atoms with Crippen molar-refractivity contribution in [2.24, 2.45) is 16.5 Å². The van der Waals surface area contributed by atoms with Crippen molar-refractivity contribution in [2.75, 3.05) is 24.5 Å². The molecular weight excluding hydrogens is 200 g/mol. The molecule has 0 aliphatic rings. The average molecular weight is 220 g/mol. The molecule has 16 heavy (non-hydrogen) atoms. The van der Waals surface area contributed by atoms with Gasteiger partial charge in [-0.1, -0.05) is 18.2 Å². The number of benzene rings is 1. The van der Waals surface area contributed by atoms with Crippen molar-refractivity contribution in [1.29, 1.82) is 0 Å². The van der Waals surface area contributed by atoms with Crippen LogP contribution < -0.4 is 16.4 Å². The lowest BCUT2D eigenvalue weighted by Gasteiger charge is -2.22. The van der Waals surface area contributed by atoms with Gasteiger partial charge in [0, 0.05) is 25.3 Å². The van der Waals surface area contributed by atoms with E-state index in [0.29, 0.717) is 6.54 Å².